The van der Waals surface area contributed by atoms with E-state index in [0.717, 1.165) is 0 Å². The normalized spacial score (nSPS) is 12.8. The van der Waals surface area contributed by atoms with Gasteiger partial charge in [0.15, 0.2) is 5.25 Å². The van der Waals surface area contributed by atoms with Crippen molar-refractivity contribution in [3.8, 4) is 6.07 Å². The lowest BCUT2D eigenvalue weighted by atomic mass is 10.4. The molecule has 0 fully saturated rings. The van der Waals surface area contributed by atoms with Crippen molar-refractivity contribution in [2.45, 2.75) is 18.6 Å². The van der Waals surface area contributed by atoms with E-state index in [1.807, 2.05) is 0 Å². The summed E-state index contributed by atoms with van der Waals surface area (Å²) in [5.41, 5.74) is 0.344. The molecular formula is C9H10BrN3O2S. The fraction of sp³-hybridized carbons (Fsp3) is 0.333. The maximum atomic E-state index is 11.7. The minimum atomic E-state index is -3.65. The molecule has 7 heteroatoms. The van der Waals surface area contributed by atoms with Crippen LogP contribution in [0.1, 0.15) is 13.3 Å². The number of rotatable bonds is 4. The van der Waals surface area contributed by atoms with Crippen molar-refractivity contribution in [1.29, 1.82) is 5.26 Å². The van der Waals surface area contributed by atoms with E-state index in [1.165, 1.54) is 6.20 Å². The summed E-state index contributed by atoms with van der Waals surface area (Å²) < 4.78 is 26.3. The molecule has 1 aromatic heterocycles. The van der Waals surface area contributed by atoms with Gasteiger partial charge in [0.2, 0.25) is 10.0 Å². The SMILES string of the molecule is CCC(C#N)S(=O)(=O)Nc1ccc(Br)nc1. The molecule has 0 aliphatic rings. The number of hydrogen-bond donors (Lipinski definition) is 1. The monoisotopic (exact) mass is 303 g/mol. The summed E-state index contributed by atoms with van der Waals surface area (Å²) >= 11 is 3.14. The van der Waals surface area contributed by atoms with Gasteiger partial charge in [-0.2, -0.15) is 5.26 Å². The minimum absolute atomic E-state index is 0.246. The Bertz CT molecular complexity index is 492. The highest BCUT2D eigenvalue weighted by molar-refractivity contribution is 9.10. The van der Waals surface area contributed by atoms with Gasteiger partial charge in [0, 0.05) is 0 Å². The third kappa shape index (κ3) is 3.18. The van der Waals surface area contributed by atoms with Gasteiger partial charge in [-0.25, -0.2) is 13.4 Å². The van der Waals surface area contributed by atoms with Gasteiger partial charge >= 0.3 is 0 Å². The molecule has 1 aromatic rings. The van der Waals surface area contributed by atoms with Gasteiger partial charge in [0.25, 0.3) is 0 Å². The van der Waals surface area contributed by atoms with Gasteiger partial charge in [0.1, 0.15) is 4.60 Å². The van der Waals surface area contributed by atoms with Gasteiger partial charge in [-0.1, -0.05) is 6.92 Å². The number of nitrogens with one attached hydrogen (secondary N) is 1. The number of nitriles is 1. The summed E-state index contributed by atoms with van der Waals surface area (Å²) in [5, 5.41) is 7.65. The fourth-order valence-corrected chi connectivity index (χ4v) is 2.46. The Morgan fingerprint density at radius 2 is 2.31 bits per heavy atom. The van der Waals surface area contributed by atoms with E-state index in [-0.39, 0.29) is 6.42 Å². The van der Waals surface area contributed by atoms with Crippen molar-refractivity contribution in [1.82, 2.24) is 4.98 Å². The number of aromatic nitrogens is 1. The molecule has 0 aromatic carbocycles. The maximum Gasteiger partial charge on any atom is 0.249 e. The second-order valence-electron chi connectivity index (χ2n) is 3.04. The molecule has 0 amide bonds. The van der Waals surface area contributed by atoms with Gasteiger partial charge < -0.3 is 0 Å². The molecule has 0 radical (unpaired) electrons. The lowest BCUT2D eigenvalue weighted by Gasteiger charge is -2.10. The zero-order chi connectivity index (χ0) is 12.2. The van der Waals surface area contributed by atoms with Crippen molar-refractivity contribution in [3.63, 3.8) is 0 Å². The second-order valence-corrected chi connectivity index (χ2v) is 5.72. The molecule has 16 heavy (non-hydrogen) atoms. The van der Waals surface area contributed by atoms with Crippen molar-refractivity contribution < 1.29 is 8.42 Å². The Kier molecular flexibility index (Phi) is 4.26. The van der Waals surface area contributed by atoms with Crippen molar-refractivity contribution in [2.75, 3.05) is 4.72 Å². The first-order valence-electron chi connectivity index (χ1n) is 4.52. The Labute approximate surface area is 103 Å². The van der Waals surface area contributed by atoms with E-state index < -0.39 is 15.3 Å². The maximum absolute atomic E-state index is 11.7. The lowest BCUT2D eigenvalue weighted by Crippen LogP contribution is -2.25. The topological polar surface area (TPSA) is 82.8 Å². The standard InChI is InChI=1S/C9H10BrN3O2S/c1-2-8(5-11)16(14,15)13-7-3-4-9(10)12-6-7/h3-4,6,8,13H,2H2,1H3. The quantitative estimate of drug-likeness (QED) is 0.861. The fourth-order valence-electron chi connectivity index (χ4n) is 1.05. The van der Waals surface area contributed by atoms with Crippen LogP contribution in [-0.2, 0) is 10.0 Å². The zero-order valence-electron chi connectivity index (χ0n) is 8.51. The first kappa shape index (κ1) is 12.9. The molecule has 1 N–H and O–H groups in total. The molecule has 1 atom stereocenters. The first-order valence-corrected chi connectivity index (χ1v) is 6.86. The lowest BCUT2D eigenvalue weighted by molar-refractivity contribution is 0.593. The van der Waals surface area contributed by atoms with Crippen LogP contribution in [0.5, 0.6) is 0 Å². The molecule has 0 aliphatic heterocycles. The number of halogens is 1. The molecule has 1 heterocycles. The van der Waals surface area contributed by atoms with E-state index in [2.05, 4.69) is 25.6 Å². The van der Waals surface area contributed by atoms with Gasteiger partial charge in [-0.3, -0.25) is 4.72 Å². The number of sulfonamides is 1. The predicted molar refractivity (Wildman–Crippen MR) is 64.2 cm³/mol. The van der Waals surface area contributed by atoms with Crippen LogP contribution in [0, 0.1) is 11.3 Å². The van der Waals surface area contributed by atoms with Crippen LogP contribution in [-0.4, -0.2) is 18.7 Å². The van der Waals surface area contributed by atoms with E-state index in [0.29, 0.717) is 10.3 Å². The molecule has 0 spiro atoms. The van der Waals surface area contributed by atoms with Crippen LogP contribution in [0.2, 0.25) is 0 Å². The summed E-state index contributed by atoms with van der Waals surface area (Å²) in [6.45, 7) is 1.65. The van der Waals surface area contributed by atoms with E-state index in [4.69, 9.17) is 5.26 Å². The smallest absolute Gasteiger partial charge is 0.249 e. The van der Waals surface area contributed by atoms with Crippen molar-refractivity contribution >= 4 is 31.6 Å². The average Bonchev–Trinajstić information content (AvgIpc) is 2.22. The number of anilines is 1. The molecule has 1 rings (SSSR count). The molecule has 1 unspecified atom stereocenters. The highest BCUT2D eigenvalue weighted by Crippen LogP contribution is 2.14. The average molecular weight is 304 g/mol. The first-order chi connectivity index (χ1) is 7.49. The molecule has 5 nitrogen and oxygen atoms in total. The molecule has 86 valence electrons. The summed E-state index contributed by atoms with van der Waals surface area (Å²) in [5.74, 6) is 0. The third-order valence-corrected chi connectivity index (χ3v) is 4.05. The summed E-state index contributed by atoms with van der Waals surface area (Å²) in [6, 6.07) is 4.93. The molecule has 0 saturated carbocycles. The number of pyridine rings is 1. The highest BCUT2D eigenvalue weighted by atomic mass is 79.9. The summed E-state index contributed by atoms with van der Waals surface area (Å²) in [6.07, 6.45) is 1.63. The Hall–Kier alpha value is -1.13. The predicted octanol–water partition coefficient (Wildman–Crippen LogP) is 1.89. The number of nitrogens with zero attached hydrogens (tertiary/aromatic N) is 2. The van der Waals surface area contributed by atoms with Crippen LogP contribution in [0.3, 0.4) is 0 Å². The van der Waals surface area contributed by atoms with Crippen LogP contribution in [0.25, 0.3) is 0 Å². The van der Waals surface area contributed by atoms with Crippen LogP contribution < -0.4 is 4.72 Å². The molecule has 0 saturated heterocycles. The molecule has 0 aliphatic carbocycles. The van der Waals surface area contributed by atoms with Crippen molar-refractivity contribution in [3.05, 3.63) is 22.9 Å². The Balaban J connectivity index is 2.89. The van der Waals surface area contributed by atoms with E-state index in [1.54, 1.807) is 25.1 Å². The largest absolute Gasteiger partial charge is 0.281 e. The minimum Gasteiger partial charge on any atom is -0.281 e. The van der Waals surface area contributed by atoms with Crippen molar-refractivity contribution in [2.24, 2.45) is 0 Å². The zero-order valence-corrected chi connectivity index (χ0v) is 10.9. The van der Waals surface area contributed by atoms with Crippen LogP contribution in [0.15, 0.2) is 22.9 Å². The Morgan fingerprint density at radius 1 is 1.62 bits per heavy atom. The third-order valence-electron chi connectivity index (χ3n) is 1.88. The van der Waals surface area contributed by atoms with Gasteiger partial charge in [0.05, 0.1) is 18.0 Å². The number of hydrogen-bond acceptors (Lipinski definition) is 4. The molecular weight excluding hydrogens is 294 g/mol. The van der Waals surface area contributed by atoms with Gasteiger partial charge in [-0.15, -0.1) is 0 Å². The second kappa shape index (κ2) is 5.27. The summed E-state index contributed by atoms with van der Waals surface area (Å²) in [7, 11) is -3.65. The van der Waals surface area contributed by atoms with E-state index >= 15 is 0 Å². The summed E-state index contributed by atoms with van der Waals surface area (Å²) in [4.78, 5) is 3.88. The van der Waals surface area contributed by atoms with Crippen LogP contribution in [0.4, 0.5) is 5.69 Å². The van der Waals surface area contributed by atoms with Crippen LogP contribution >= 0.6 is 15.9 Å². The van der Waals surface area contributed by atoms with Gasteiger partial charge in [-0.05, 0) is 34.5 Å². The molecule has 0 bridgehead atoms. The van der Waals surface area contributed by atoms with E-state index in [9.17, 15) is 8.42 Å². The Morgan fingerprint density at radius 3 is 2.75 bits per heavy atom. The highest BCUT2D eigenvalue weighted by Gasteiger charge is 2.23.